The lowest BCUT2D eigenvalue weighted by Gasteiger charge is -1.86. The van der Waals surface area contributed by atoms with Crippen molar-refractivity contribution >= 4 is 12.6 Å². The lowest BCUT2D eigenvalue weighted by Crippen LogP contribution is -1.89. The van der Waals surface area contributed by atoms with Crippen LogP contribution in [0.4, 0.5) is 0 Å². The smallest absolute Gasteiger partial charge is 0.142 e. The zero-order chi connectivity index (χ0) is 6.15. The van der Waals surface area contributed by atoms with Crippen LogP contribution in [0.3, 0.4) is 0 Å². The Morgan fingerprint density at radius 1 is 1.88 bits per heavy atom. The number of rotatable bonds is 0. The van der Waals surface area contributed by atoms with Crippen LogP contribution in [0.1, 0.15) is 5.82 Å². The van der Waals surface area contributed by atoms with E-state index in [0.717, 1.165) is 4.73 Å². The van der Waals surface area contributed by atoms with Gasteiger partial charge in [0.2, 0.25) is 0 Å². The molecule has 1 rings (SSSR count). The summed E-state index contributed by atoms with van der Waals surface area (Å²) in [4.78, 5) is 3.79. The van der Waals surface area contributed by atoms with Crippen LogP contribution < -0.4 is 0 Å². The van der Waals surface area contributed by atoms with Crippen LogP contribution in [0.25, 0.3) is 0 Å². The second kappa shape index (κ2) is 1.70. The van der Waals surface area contributed by atoms with Gasteiger partial charge in [0, 0.05) is 0 Å². The highest BCUT2D eigenvalue weighted by Gasteiger charge is 1.94. The highest BCUT2D eigenvalue weighted by Crippen LogP contribution is 2.01. The molecule has 0 radical (unpaired) electrons. The number of nitrogens with zero attached hydrogens (tertiary/aromatic N) is 2. The van der Waals surface area contributed by atoms with Crippen molar-refractivity contribution in [3.63, 3.8) is 0 Å². The molecule has 1 heterocycles. The molecule has 0 aliphatic carbocycles. The Morgan fingerprint density at radius 2 is 2.50 bits per heavy atom. The first-order valence-electron chi connectivity index (χ1n) is 2.14. The van der Waals surface area contributed by atoms with Gasteiger partial charge in [-0.05, 0) is 6.92 Å². The molecule has 0 aliphatic rings. The molecule has 0 saturated heterocycles. The molecule has 44 valence electrons. The van der Waals surface area contributed by atoms with Gasteiger partial charge < -0.3 is 5.21 Å². The first kappa shape index (κ1) is 5.50. The van der Waals surface area contributed by atoms with Gasteiger partial charge in [0.05, 0.1) is 6.20 Å². The number of imidazole rings is 1. The van der Waals surface area contributed by atoms with Gasteiger partial charge in [-0.25, -0.2) is 4.98 Å². The van der Waals surface area contributed by atoms with E-state index in [1.165, 1.54) is 6.20 Å². The van der Waals surface area contributed by atoms with E-state index in [-0.39, 0.29) is 0 Å². The number of hydrogen-bond acceptors (Lipinski definition) is 3. The Hall–Kier alpha value is -0.640. The molecule has 0 aliphatic heterocycles. The van der Waals surface area contributed by atoms with E-state index in [0.29, 0.717) is 10.9 Å². The largest absolute Gasteiger partial charge is 0.427 e. The van der Waals surface area contributed by atoms with Crippen molar-refractivity contribution < 1.29 is 5.21 Å². The summed E-state index contributed by atoms with van der Waals surface area (Å²) in [6.07, 6.45) is 1.43. The summed E-state index contributed by atoms with van der Waals surface area (Å²) >= 11 is 3.88. The Bertz CT molecular complexity index is 176. The van der Waals surface area contributed by atoms with Crippen molar-refractivity contribution in [3.8, 4) is 0 Å². The van der Waals surface area contributed by atoms with Crippen LogP contribution in [0.15, 0.2) is 11.2 Å². The second-order valence-corrected chi connectivity index (χ2v) is 1.95. The fraction of sp³-hybridized carbons (Fsp3) is 0.250. The van der Waals surface area contributed by atoms with Crippen molar-refractivity contribution in [2.75, 3.05) is 0 Å². The summed E-state index contributed by atoms with van der Waals surface area (Å²) in [7, 11) is 0. The lowest BCUT2D eigenvalue weighted by molar-refractivity contribution is 0.178. The zero-order valence-electron chi connectivity index (χ0n) is 4.37. The Balaban J connectivity index is 3.14. The molecule has 0 atom stereocenters. The van der Waals surface area contributed by atoms with Crippen molar-refractivity contribution in [2.45, 2.75) is 11.9 Å². The molecule has 1 aromatic heterocycles. The molecule has 3 nitrogen and oxygen atoms in total. The molecule has 1 N–H and O–H groups in total. The minimum absolute atomic E-state index is 0.532. The molecular weight excluding hydrogens is 124 g/mol. The van der Waals surface area contributed by atoms with E-state index in [9.17, 15) is 0 Å². The third-order valence-corrected chi connectivity index (χ3v) is 1.06. The molecule has 0 spiro atoms. The third kappa shape index (κ3) is 0.790. The van der Waals surface area contributed by atoms with E-state index in [1.54, 1.807) is 6.92 Å². The molecule has 0 bridgehead atoms. The monoisotopic (exact) mass is 130 g/mol. The highest BCUT2D eigenvalue weighted by atomic mass is 32.1. The van der Waals surface area contributed by atoms with E-state index in [1.807, 2.05) is 0 Å². The minimum atomic E-state index is 0.532. The van der Waals surface area contributed by atoms with E-state index in [2.05, 4.69) is 17.6 Å². The van der Waals surface area contributed by atoms with E-state index < -0.39 is 0 Å². The Kier molecular flexibility index (Phi) is 1.17. The molecule has 8 heavy (non-hydrogen) atoms. The number of aromatic nitrogens is 2. The molecule has 0 aromatic carbocycles. The van der Waals surface area contributed by atoms with Gasteiger partial charge in [0.1, 0.15) is 10.9 Å². The summed E-state index contributed by atoms with van der Waals surface area (Å²) in [5, 5.41) is 9.28. The maximum absolute atomic E-state index is 8.75. The molecular formula is C4H6N2OS. The number of aryl methyl sites for hydroxylation is 1. The zero-order valence-corrected chi connectivity index (χ0v) is 5.26. The fourth-order valence-corrected chi connectivity index (χ4v) is 0.703. The van der Waals surface area contributed by atoms with Crippen molar-refractivity contribution in [3.05, 3.63) is 12.0 Å². The Morgan fingerprint density at radius 3 is 2.62 bits per heavy atom. The van der Waals surface area contributed by atoms with Gasteiger partial charge in [-0.15, -0.1) is 12.6 Å². The average Bonchev–Trinajstić information content (AvgIpc) is 1.85. The Labute approximate surface area is 52.3 Å². The standard InChI is InChI=1S/C4H6N2OS/c1-3-5-4(8)2-6(3)7/h2,7-8H,1H3. The predicted molar refractivity (Wildman–Crippen MR) is 31.4 cm³/mol. The van der Waals surface area contributed by atoms with Gasteiger partial charge in [-0.1, -0.05) is 0 Å². The van der Waals surface area contributed by atoms with Crippen molar-refractivity contribution in [1.29, 1.82) is 0 Å². The van der Waals surface area contributed by atoms with Gasteiger partial charge in [0.15, 0.2) is 0 Å². The minimum Gasteiger partial charge on any atom is -0.427 e. The number of thiol groups is 1. The summed E-state index contributed by atoms with van der Waals surface area (Å²) in [5.41, 5.74) is 0. The summed E-state index contributed by atoms with van der Waals surface area (Å²) in [6.45, 7) is 1.69. The van der Waals surface area contributed by atoms with Crippen LogP contribution in [0.2, 0.25) is 0 Å². The molecule has 0 amide bonds. The maximum atomic E-state index is 8.75. The first-order chi connectivity index (χ1) is 3.70. The van der Waals surface area contributed by atoms with Gasteiger partial charge in [-0.3, -0.25) is 0 Å². The van der Waals surface area contributed by atoms with E-state index in [4.69, 9.17) is 5.21 Å². The molecule has 1 aromatic rings. The average molecular weight is 130 g/mol. The van der Waals surface area contributed by atoms with Crippen LogP contribution in [0, 0.1) is 6.92 Å². The molecule has 4 heteroatoms. The summed E-state index contributed by atoms with van der Waals surface area (Å²) in [5.74, 6) is 0.551. The van der Waals surface area contributed by atoms with Crippen LogP contribution in [0.5, 0.6) is 0 Å². The van der Waals surface area contributed by atoms with Crippen LogP contribution in [-0.4, -0.2) is 14.9 Å². The van der Waals surface area contributed by atoms with Crippen LogP contribution in [-0.2, 0) is 0 Å². The molecule has 0 saturated carbocycles. The molecule has 0 unspecified atom stereocenters. The number of hydrogen-bond donors (Lipinski definition) is 2. The second-order valence-electron chi connectivity index (χ2n) is 1.49. The quantitative estimate of drug-likeness (QED) is 0.401. The fourth-order valence-electron chi connectivity index (χ4n) is 0.449. The van der Waals surface area contributed by atoms with Gasteiger partial charge in [0.25, 0.3) is 0 Å². The first-order valence-corrected chi connectivity index (χ1v) is 2.59. The van der Waals surface area contributed by atoms with Gasteiger partial charge >= 0.3 is 0 Å². The van der Waals surface area contributed by atoms with Crippen LogP contribution >= 0.6 is 12.6 Å². The lowest BCUT2D eigenvalue weighted by atomic mass is 10.7. The maximum Gasteiger partial charge on any atom is 0.142 e. The normalized spacial score (nSPS) is 9.75. The van der Waals surface area contributed by atoms with Gasteiger partial charge in [-0.2, -0.15) is 4.73 Å². The third-order valence-electron chi connectivity index (χ3n) is 0.846. The topological polar surface area (TPSA) is 38.0 Å². The molecule has 0 fully saturated rings. The summed E-state index contributed by atoms with van der Waals surface area (Å²) in [6, 6.07) is 0. The predicted octanol–water partition coefficient (Wildman–Crippen LogP) is 0.718. The van der Waals surface area contributed by atoms with Crippen molar-refractivity contribution in [2.24, 2.45) is 0 Å². The highest BCUT2D eigenvalue weighted by molar-refractivity contribution is 7.80. The SMILES string of the molecule is Cc1nc(S)cn1O. The van der Waals surface area contributed by atoms with Crippen molar-refractivity contribution in [1.82, 2.24) is 9.71 Å². The summed E-state index contributed by atoms with van der Waals surface area (Å²) < 4.78 is 0.933. The van der Waals surface area contributed by atoms with E-state index >= 15 is 0 Å².